The number of hydrogen-bond donors (Lipinski definition) is 1. The number of thiazole rings is 1. The van der Waals surface area contributed by atoms with Crippen LogP contribution in [0.25, 0.3) is 5.78 Å². The molecule has 0 saturated carbocycles. The van der Waals surface area contributed by atoms with Gasteiger partial charge in [0.15, 0.2) is 0 Å². The number of nitrogens with zero attached hydrogens (tertiary/aromatic N) is 5. The third-order valence-corrected chi connectivity index (χ3v) is 5.30. The van der Waals surface area contributed by atoms with E-state index in [1.165, 1.54) is 6.33 Å². The Balaban J connectivity index is 1.64. The van der Waals surface area contributed by atoms with Gasteiger partial charge in [0.25, 0.3) is 5.78 Å². The molecule has 0 aliphatic rings. The summed E-state index contributed by atoms with van der Waals surface area (Å²) in [6.45, 7) is 7.97. The number of aryl methyl sites for hydroxylation is 3. The molecule has 1 unspecified atom stereocenters. The molecule has 0 radical (unpaired) electrons. The largest absolute Gasteiger partial charge is 0.348 e. The van der Waals surface area contributed by atoms with Crippen LogP contribution in [0.2, 0.25) is 0 Å². The smallest absolute Gasteiger partial charge is 0.252 e. The zero-order valence-corrected chi connectivity index (χ0v) is 15.7. The molecule has 3 heterocycles. The molecule has 0 aliphatic heterocycles. The van der Waals surface area contributed by atoms with E-state index in [1.807, 2.05) is 26.2 Å². The molecule has 0 bridgehead atoms. The highest BCUT2D eigenvalue weighted by atomic mass is 32.1. The lowest BCUT2D eigenvalue weighted by Crippen LogP contribution is -2.27. The van der Waals surface area contributed by atoms with E-state index in [0.29, 0.717) is 18.6 Å². The quantitative estimate of drug-likeness (QED) is 0.732. The molecule has 8 heteroatoms. The minimum atomic E-state index is -0.0813. The molecule has 0 fully saturated rings. The Labute approximate surface area is 150 Å². The molecule has 0 saturated heterocycles. The van der Waals surface area contributed by atoms with Crippen LogP contribution < -0.4 is 5.32 Å². The summed E-state index contributed by atoms with van der Waals surface area (Å²) in [4.78, 5) is 25.4. The first-order valence-electron chi connectivity index (χ1n) is 8.39. The van der Waals surface area contributed by atoms with Crippen molar-refractivity contribution in [3.05, 3.63) is 39.4 Å². The van der Waals surface area contributed by atoms with Gasteiger partial charge in [-0.15, -0.1) is 11.3 Å². The molecule has 0 spiro atoms. The van der Waals surface area contributed by atoms with Gasteiger partial charge in [-0.25, -0.2) is 14.5 Å². The third kappa shape index (κ3) is 3.68. The lowest BCUT2D eigenvalue weighted by molar-refractivity contribution is -0.121. The Morgan fingerprint density at radius 2 is 2.16 bits per heavy atom. The molecule has 3 aromatic rings. The predicted molar refractivity (Wildman–Crippen MR) is 96.6 cm³/mol. The van der Waals surface area contributed by atoms with Crippen LogP contribution in [0.5, 0.6) is 0 Å². The van der Waals surface area contributed by atoms with Crippen LogP contribution in [0.4, 0.5) is 0 Å². The number of amides is 1. The fraction of sp³-hybridized carbons (Fsp3) is 0.471. The van der Waals surface area contributed by atoms with Crippen molar-refractivity contribution in [1.29, 1.82) is 0 Å². The van der Waals surface area contributed by atoms with E-state index in [0.717, 1.165) is 34.1 Å². The fourth-order valence-electron chi connectivity index (χ4n) is 2.83. The van der Waals surface area contributed by atoms with Gasteiger partial charge in [0.2, 0.25) is 5.91 Å². The maximum Gasteiger partial charge on any atom is 0.252 e. The Hall–Kier alpha value is -2.35. The highest BCUT2D eigenvalue weighted by Gasteiger charge is 2.15. The third-order valence-electron chi connectivity index (χ3n) is 4.28. The molecule has 1 atom stereocenters. The summed E-state index contributed by atoms with van der Waals surface area (Å²) in [5.41, 5.74) is 3.84. The lowest BCUT2D eigenvalue weighted by atomic mass is 10.1. The topological polar surface area (TPSA) is 85.1 Å². The molecule has 0 aliphatic carbocycles. The summed E-state index contributed by atoms with van der Waals surface area (Å²) in [6, 6.07) is -0.0813. The van der Waals surface area contributed by atoms with E-state index in [4.69, 9.17) is 0 Å². The van der Waals surface area contributed by atoms with E-state index in [-0.39, 0.29) is 11.9 Å². The van der Waals surface area contributed by atoms with Gasteiger partial charge in [-0.05, 0) is 39.2 Å². The fourth-order valence-corrected chi connectivity index (χ4v) is 3.67. The molecule has 0 aromatic carbocycles. The average molecular weight is 358 g/mol. The maximum atomic E-state index is 12.3. The summed E-state index contributed by atoms with van der Waals surface area (Å²) in [5, 5.41) is 10.3. The van der Waals surface area contributed by atoms with Crippen LogP contribution in [0.1, 0.15) is 54.0 Å². The second kappa shape index (κ2) is 7.26. The Bertz CT molecular complexity index is 900. The second-order valence-electron chi connectivity index (χ2n) is 6.04. The first-order valence-corrected chi connectivity index (χ1v) is 9.27. The molecular formula is C17H22N6OS. The van der Waals surface area contributed by atoms with Crippen molar-refractivity contribution in [1.82, 2.24) is 29.9 Å². The van der Waals surface area contributed by atoms with E-state index in [2.05, 4.69) is 32.3 Å². The number of rotatable bonds is 6. The number of hydrogen-bond acceptors (Lipinski definition) is 6. The Morgan fingerprint density at radius 1 is 1.36 bits per heavy atom. The number of aromatic nitrogens is 5. The van der Waals surface area contributed by atoms with Crippen molar-refractivity contribution in [2.75, 3.05) is 0 Å². The average Bonchev–Trinajstić information content (AvgIpc) is 3.23. The number of fused-ring (bicyclic) bond motifs is 1. The van der Waals surface area contributed by atoms with Crippen molar-refractivity contribution >= 4 is 23.0 Å². The SMILES string of the molecule is CCc1nc(C(C)NC(=O)CCc2c(C)nc3ncnn3c2C)cs1. The van der Waals surface area contributed by atoms with Gasteiger partial charge in [0.05, 0.1) is 16.7 Å². The highest BCUT2D eigenvalue weighted by molar-refractivity contribution is 7.09. The second-order valence-corrected chi connectivity index (χ2v) is 6.98. The normalized spacial score (nSPS) is 12.5. The zero-order chi connectivity index (χ0) is 18.0. The van der Waals surface area contributed by atoms with Crippen molar-refractivity contribution in [3.8, 4) is 0 Å². The van der Waals surface area contributed by atoms with Crippen molar-refractivity contribution in [2.45, 2.75) is 53.0 Å². The minimum absolute atomic E-state index is 0.0102. The summed E-state index contributed by atoms with van der Waals surface area (Å²) in [7, 11) is 0. The lowest BCUT2D eigenvalue weighted by Gasteiger charge is -2.13. The molecule has 132 valence electrons. The van der Waals surface area contributed by atoms with Gasteiger partial charge in [0.1, 0.15) is 6.33 Å². The van der Waals surface area contributed by atoms with Crippen LogP contribution in [-0.4, -0.2) is 30.5 Å². The molecular weight excluding hydrogens is 336 g/mol. The van der Waals surface area contributed by atoms with Gasteiger partial charge in [-0.2, -0.15) is 10.1 Å². The van der Waals surface area contributed by atoms with Crippen LogP contribution in [0.3, 0.4) is 0 Å². The maximum absolute atomic E-state index is 12.3. The summed E-state index contributed by atoms with van der Waals surface area (Å²) in [6.07, 6.45) is 3.43. The van der Waals surface area contributed by atoms with E-state index in [9.17, 15) is 4.79 Å². The van der Waals surface area contributed by atoms with Crippen molar-refractivity contribution < 1.29 is 4.79 Å². The van der Waals surface area contributed by atoms with Crippen LogP contribution in [0.15, 0.2) is 11.7 Å². The number of nitrogens with one attached hydrogen (secondary N) is 1. The van der Waals surface area contributed by atoms with Gasteiger partial charge >= 0.3 is 0 Å². The molecule has 25 heavy (non-hydrogen) atoms. The van der Waals surface area contributed by atoms with E-state index < -0.39 is 0 Å². The molecule has 3 aromatic heterocycles. The Morgan fingerprint density at radius 3 is 2.88 bits per heavy atom. The molecule has 1 N–H and O–H groups in total. The molecule has 1 amide bonds. The zero-order valence-electron chi connectivity index (χ0n) is 14.9. The monoisotopic (exact) mass is 358 g/mol. The summed E-state index contributed by atoms with van der Waals surface area (Å²) >= 11 is 1.63. The summed E-state index contributed by atoms with van der Waals surface area (Å²) in [5.74, 6) is 0.600. The van der Waals surface area contributed by atoms with Crippen LogP contribution >= 0.6 is 11.3 Å². The van der Waals surface area contributed by atoms with Gasteiger partial charge in [0, 0.05) is 23.2 Å². The molecule has 7 nitrogen and oxygen atoms in total. The van der Waals surface area contributed by atoms with E-state index >= 15 is 0 Å². The minimum Gasteiger partial charge on any atom is -0.348 e. The van der Waals surface area contributed by atoms with Gasteiger partial charge in [-0.1, -0.05) is 6.92 Å². The molecule has 3 rings (SSSR count). The first-order chi connectivity index (χ1) is 12.0. The van der Waals surface area contributed by atoms with Gasteiger partial charge < -0.3 is 5.32 Å². The summed E-state index contributed by atoms with van der Waals surface area (Å²) < 4.78 is 1.71. The van der Waals surface area contributed by atoms with Gasteiger partial charge in [-0.3, -0.25) is 4.79 Å². The van der Waals surface area contributed by atoms with Crippen LogP contribution in [0, 0.1) is 13.8 Å². The standard InChI is InChI=1S/C17H22N6OS/c1-5-16-22-14(8-25-16)11(3)20-15(24)7-6-13-10(2)21-17-18-9-19-23(17)12(13)4/h8-9,11H,5-7H2,1-4H3,(H,20,24). The highest BCUT2D eigenvalue weighted by Crippen LogP contribution is 2.18. The van der Waals surface area contributed by atoms with Crippen LogP contribution in [-0.2, 0) is 17.6 Å². The number of carbonyl (C=O) groups excluding carboxylic acids is 1. The number of carbonyl (C=O) groups is 1. The van der Waals surface area contributed by atoms with Crippen molar-refractivity contribution in [2.24, 2.45) is 0 Å². The van der Waals surface area contributed by atoms with E-state index in [1.54, 1.807) is 15.9 Å². The van der Waals surface area contributed by atoms with Crippen molar-refractivity contribution in [3.63, 3.8) is 0 Å². The Kier molecular flexibility index (Phi) is 5.08. The predicted octanol–water partition coefficient (Wildman–Crippen LogP) is 2.57. The first kappa shape index (κ1) is 17.5.